The van der Waals surface area contributed by atoms with Crippen molar-refractivity contribution >= 4 is 11.9 Å². The molecule has 0 fully saturated rings. The van der Waals surface area contributed by atoms with Gasteiger partial charge < -0.3 is 9.47 Å². The van der Waals surface area contributed by atoms with Gasteiger partial charge in [0.05, 0.1) is 5.56 Å². The minimum absolute atomic E-state index is 0.144. The Hall–Kier alpha value is -4.87. The third kappa shape index (κ3) is 7.89. The van der Waals surface area contributed by atoms with E-state index < -0.39 is 17.8 Å². The molecule has 35 heavy (non-hydrogen) atoms. The van der Waals surface area contributed by atoms with Gasteiger partial charge in [-0.25, -0.2) is 14.0 Å². The maximum absolute atomic E-state index is 14.5. The molecule has 0 spiro atoms. The Balaban J connectivity index is 1.62. The van der Waals surface area contributed by atoms with Gasteiger partial charge in [0.2, 0.25) is 0 Å². The summed E-state index contributed by atoms with van der Waals surface area (Å²) in [5.74, 6) is 10.2. The normalized spacial score (nSPS) is 9.51. The van der Waals surface area contributed by atoms with Gasteiger partial charge in [-0.3, -0.25) is 0 Å². The number of rotatable bonds is 6. The molecule has 172 valence electrons. The standard InChI is InChI=1S/C30H21FO4/c1-3-29(32)34-20-25-11-6-22(7-12-25)5-10-24-16-18-27(28(31)19-24)17-15-23-8-13-26(14-9-23)21-35-30(33)4-2/h3-4,6-9,11-14,16,18-19H,1-2,20-21H2. The smallest absolute Gasteiger partial charge is 0.330 e. The molecule has 0 amide bonds. The lowest BCUT2D eigenvalue weighted by Gasteiger charge is -2.02. The molecular formula is C30H21FO4. The van der Waals surface area contributed by atoms with Crippen molar-refractivity contribution in [1.82, 2.24) is 0 Å². The van der Waals surface area contributed by atoms with E-state index in [1.807, 2.05) is 0 Å². The number of hydrogen-bond donors (Lipinski definition) is 0. The Labute approximate surface area is 203 Å². The largest absolute Gasteiger partial charge is 0.458 e. The molecule has 0 aliphatic carbocycles. The van der Waals surface area contributed by atoms with Crippen molar-refractivity contribution in [3.63, 3.8) is 0 Å². The molecule has 0 saturated heterocycles. The Kier molecular flexibility index (Phi) is 8.77. The summed E-state index contributed by atoms with van der Waals surface area (Å²) in [6, 6.07) is 19.0. The molecule has 0 unspecified atom stereocenters. The molecule has 0 bridgehead atoms. The van der Waals surface area contributed by atoms with Gasteiger partial charge in [0.15, 0.2) is 0 Å². The SMILES string of the molecule is C=CC(=O)OCc1ccc(C#Cc2ccc(C#Cc3ccc(COC(=O)C=C)cc3)c(F)c2)cc1. The molecule has 4 nitrogen and oxygen atoms in total. The van der Waals surface area contributed by atoms with E-state index in [2.05, 4.69) is 36.8 Å². The first-order valence-electron chi connectivity index (χ1n) is 10.6. The van der Waals surface area contributed by atoms with Crippen molar-refractivity contribution in [3.8, 4) is 23.7 Å². The van der Waals surface area contributed by atoms with Crippen LogP contribution in [0, 0.1) is 29.5 Å². The second-order valence-electron chi connectivity index (χ2n) is 7.21. The van der Waals surface area contributed by atoms with Crippen molar-refractivity contribution in [1.29, 1.82) is 0 Å². The molecule has 3 aromatic carbocycles. The Morgan fingerprint density at radius 2 is 1.11 bits per heavy atom. The zero-order valence-electron chi connectivity index (χ0n) is 18.8. The van der Waals surface area contributed by atoms with Crippen molar-refractivity contribution in [2.45, 2.75) is 13.2 Å². The maximum Gasteiger partial charge on any atom is 0.330 e. The molecule has 5 heteroatoms. The van der Waals surface area contributed by atoms with E-state index in [9.17, 15) is 14.0 Å². The van der Waals surface area contributed by atoms with Gasteiger partial charge >= 0.3 is 11.9 Å². The van der Waals surface area contributed by atoms with E-state index in [1.165, 1.54) is 6.07 Å². The summed E-state index contributed by atoms with van der Waals surface area (Å²) in [5.41, 5.74) is 3.87. The fourth-order valence-electron chi connectivity index (χ4n) is 2.77. The maximum atomic E-state index is 14.5. The fraction of sp³-hybridized carbons (Fsp3) is 0.0667. The summed E-state index contributed by atoms with van der Waals surface area (Å²) in [6.45, 7) is 6.99. The first-order valence-corrected chi connectivity index (χ1v) is 10.6. The number of benzene rings is 3. The van der Waals surface area contributed by atoms with Gasteiger partial charge in [-0.1, -0.05) is 61.1 Å². The Bertz CT molecular complexity index is 1360. The topological polar surface area (TPSA) is 52.6 Å². The number of halogens is 1. The minimum Gasteiger partial charge on any atom is -0.458 e. The monoisotopic (exact) mass is 464 g/mol. The van der Waals surface area contributed by atoms with Crippen LogP contribution >= 0.6 is 0 Å². The second kappa shape index (κ2) is 12.4. The van der Waals surface area contributed by atoms with Crippen LogP contribution in [0.1, 0.15) is 33.4 Å². The summed E-state index contributed by atoms with van der Waals surface area (Å²) in [7, 11) is 0. The molecule has 0 N–H and O–H groups in total. The molecular weight excluding hydrogens is 443 g/mol. The Morgan fingerprint density at radius 1 is 0.686 bits per heavy atom. The highest BCUT2D eigenvalue weighted by molar-refractivity contribution is 5.81. The average Bonchev–Trinajstić information content (AvgIpc) is 2.89. The van der Waals surface area contributed by atoms with Crippen molar-refractivity contribution < 1.29 is 23.5 Å². The van der Waals surface area contributed by atoms with Gasteiger partial charge in [-0.15, -0.1) is 0 Å². The van der Waals surface area contributed by atoms with E-state index >= 15 is 0 Å². The summed E-state index contributed by atoms with van der Waals surface area (Å²) >= 11 is 0. The van der Waals surface area contributed by atoms with Crippen LogP contribution in [0.3, 0.4) is 0 Å². The van der Waals surface area contributed by atoms with E-state index in [1.54, 1.807) is 60.7 Å². The summed E-state index contributed by atoms with van der Waals surface area (Å²) in [5, 5.41) is 0. The molecule has 3 rings (SSSR count). The quantitative estimate of drug-likeness (QED) is 0.290. The van der Waals surface area contributed by atoms with E-state index in [0.29, 0.717) is 11.1 Å². The van der Waals surface area contributed by atoms with Crippen LogP contribution in [0.4, 0.5) is 4.39 Å². The number of esters is 2. The number of ether oxygens (including phenoxy) is 2. The zero-order chi connectivity index (χ0) is 25.0. The molecule has 0 radical (unpaired) electrons. The molecule has 0 heterocycles. The second-order valence-corrected chi connectivity index (χ2v) is 7.21. The fourth-order valence-corrected chi connectivity index (χ4v) is 2.77. The summed E-state index contributed by atoms with van der Waals surface area (Å²) in [4.78, 5) is 22.2. The number of carbonyl (C=O) groups excluding carboxylic acids is 2. The van der Waals surface area contributed by atoms with Gasteiger partial charge in [0.25, 0.3) is 0 Å². The van der Waals surface area contributed by atoms with Gasteiger partial charge in [-0.05, 0) is 53.6 Å². The average molecular weight is 464 g/mol. The molecule has 0 atom stereocenters. The van der Waals surface area contributed by atoms with E-state index in [-0.39, 0.29) is 18.8 Å². The summed E-state index contributed by atoms with van der Waals surface area (Å²) in [6.07, 6.45) is 2.22. The van der Waals surface area contributed by atoms with Crippen molar-refractivity contribution in [2.24, 2.45) is 0 Å². The molecule has 0 aliphatic rings. The van der Waals surface area contributed by atoms with Crippen LogP contribution < -0.4 is 0 Å². The Morgan fingerprint density at radius 3 is 1.57 bits per heavy atom. The third-order valence-electron chi connectivity index (χ3n) is 4.67. The van der Waals surface area contributed by atoms with Crippen LogP contribution in [-0.4, -0.2) is 11.9 Å². The van der Waals surface area contributed by atoms with Crippen LogP contribution in [-0.2, 0) is 32.3 Å². The molecule has 0 aliphatic heterocycles. The van der Waals surface area contributed by atoms with E-state index in [0.717, 1.165) is 28.8 Å². The van der Waals surface area contributed by atoms with E-state index in [4.69, 9.17) is 9.47 Å². The van der Waals surface area contributed by atoms with Crippen LogP contribution in [0.15, 0.2) is 92.0 Å². The lowest BCUT2D eigenvalue weighted by Crippen LogP contribution is -1.99. The highest BCUT2D eigenvalue weighted by Gasteiger charge is 2.01. The lowest BCUT2D eigenvalue weighted by atomic mass is 10.1. The minimum atomic E-state index is -0.487. The first-order chi connectivity index (χ1) is 17.0. The zero-order valence-corrected chi connectivity index (χ0v) is 18.8. The third-order valence-corrected chi connectivity index (χ3v) is 4.67. The molecule has 0 saturated carbocycles. The number of carbonyl (C=O) groups is 2. The predicted octanol–water partition coefficient (Wildman–Crippen LogP) is 5.08. The van der Waals surface area contributed by atoms with Gasteiger partial charge in [0.1, 0.15) is 19.0 Å². The lowest BCUT2D eigenvalue weighted by molar-refractivity contribution is -0.139. The summed E-state index contributed by atoms with van der Waals surface area (Å²) < 4.78 is 24.5. The van der Waals surface area contributed by atoms with Gasteiger partial charge in [0, 0.05) is 28.8 Å². The molecule has 3 aromatic rings. The van der Waals surface area contributed by atoms with Crippen LogP contribution in [0.2, 0.25) is 0 Å². The van der Waals surface area contributed by atoms with Crippen molar-refractivity contribution in [2.75, 3.05) is 0 Å². The van der Waals surface area contributed by atoms with Gasteiger partial charge in [-0.2, -0.15) is 0 Å². The van der Waals surface area contributed by atoms with Crippen molar-refractivity contribution in [3.05, 3.63) is 131 Å². The first kappa shape index (κ1) is 24.8. The predicted molar refractivity (Wildman–Crippen MR) is 131 cm³/mol. The highest BCUT2D eigenvalue weighted by Crippen LogP contribution is 2.11. The highest BCUT2D eigenvalue weighted by atomic mass is 19.1. The van der Waals surface area contributed by atoms with Crippen LogP contribution in [0.25, 0.3) is 0 Å². The molecule has 0 aromatic heterocycles. The van der Waals surface area contributed by atoms with Crippen LogP contribution in [0.5, 0.6) is 0 Å². The number of hydrogen-bond acceptors (Lipinski definition) is 4.